The average Bonchev–Trinajstić information content (AvgIpc) is 2.47. The number of sulfonamides is 1. The van der Waals surface area contributed by atoms with Crippen molar-refractivity contribution in [2.24, 2.45) is 0 Å². The van der Waals surface area contributed by atoms with Gasteiger partial charge in [0.25, 0.3) is 5.69 Å². The van der Waals surface area contributed by atoms with Gasteiger partial charge in [0.1, 0.15) is 0 Å². The van der Waals surface area contributed by atoms with Crippen LogP contribution in [0.15, 0.2) is 53.4 Å². The maximum Gasteiger partial charge on any atom is 0.270 e. The number of halogens is 1. The summed E-state index contributed by atoms with van der Waals surface area (Å²) in [6, 6.07) is 11.2. The summed E-state index contributed by atoms with van der Waals surface area (Å²) in [4.78, 5) is 9.93. The lowest BCUT2D eigenvalue weighted by Crippen LogP contribution is -2.27. The van der Waals surface area contributed by atoms with Gasteiger partial charge in [-0.25, -0.2) is 13.1 Å². The van der Waals surface area contributed by atoms with Gasteiger partial charge in [0.15, 0.2) is 0 Å². The van der Waals surface area contributed by atoms with E-state index in [9.17, 15) is 18.5 Å². The fourth-order valence-electron chi connectivity index (χ4n) is 1.95. The molecule has 0 aliphatic heterocycles. The fourth-order valence-corrected chi connectivity index (χ4v) is 3.52. The van der Waals surface area contributed by atoms with E-state index in [4.69, 9.17) is 11.6 Å². The first-order valence-electron chi connectivity index (χ1n) is 6.32. The lowest BCUT2D eigenvalue weighted by atomic mass is 10.1. The molecule has 1 unspecified atom stereocenters. The molecule has 2 aromatic carbocycles. The molecule has 0 saturated carbocycles. The topological polar surface area (TPSA) is 89.3 Å². The van der Waals surface area contributed by atoms with Crippen molar-refractivity contribution in [2.75, 3.05) is 0 Å². The van der Waals surface area contributed by atoms with Crippen LogP contribution in [0.4, 0.5) is 5.69 Å². The van der Waals surface area contributed by atoms with Crippen LogP contribution in [0.2, 0.25) is 5.02 Å². The predicted molar refractivity (Wildman–Crippen MR) is 83.3 cm³/mol. The monoisotopic (exact) mass is 340 g/mol. The Morgan fingerprint density at radius 3 is 2.50 bits per heavy atom. The molecule has 0 radical (unpaired) electrons. The molecule has 0 amide bonds. The molecule has 0 bridgehead atoms. The Hall–Kier alpha value is -1.96. The molecule has 0 aliphatic carbocycles. The highest BCUT2D eigenvalue weighted by Gasteiger charge is 2.21. The van der Waals surface area contributed by atoms with E-state index in [1.807, 2.05) is 0 Å². The van der Waals surface area contributed by atoms with E-state index < -0.39 is 21.0 Å². The summed E-state index contributed by atoms with van der Waals surface area (Å²) in [5.41, 5.74) is 0.339. The molecule has 116 valence electrons. The number of nitro benzene ring substituents is 1. The van der Waals surface area contributed by atoms with E-state index in [-0.39, 0.29) is 10.6 Å². The SMILES string of the molecule is CC(NS(=O)(=O)c1cccc([N+](=O)[O-])c1)c1ccccc1Cl. The minimum Gasteiger partial charge on any atom is -0.258 e. The molecular formula is C14H13ClN2O4S. The molecule has 1 atom stereocenters. The van der Waals surface area contributed by atoms with Crippen LogP contribution in [0, 0.1) is 10.1 Å². The third-order valence-electron chi connectivity index (χ3n) is 3.04. The Kier molecular flexibility index (Phi) is 4.80. The zero-order valence-corrected chi connectivity index (χ0v) is 13.1. The van der Waals surface area contributed by atoms with Gasteiger partial charge in [-0.2, -0.15) is 0 Å². The van der Waals surface area contributed by atoms with Crippen LogP contribution in [0.3, 0.4) is 0 Å². The quantitative estimate of drug-likeness (QED) is 0.668. The summed E-state index contributed by atoms with van der Waals surface area (Å²) in [5, 5.41) is 11.2. The molecule has 0 saturated heterocycles. The molecule has 0 fully saturated rings. The van der Waals surface area contributed by atoms with Crippen molar-refractivity contribution in [3.63, 3.8) is 0 Å². The summed E-state index contributed by atoms with van der Waals surface area (Å²) < 4.78 is 27.1. The number of nitro groups is 1. The normalized spacial score (nSPS) is 12.8. The zero-order valence-electron chi connectivity index (χ0n) is 11.6. The summed E-state index contributed by atoms with van der Waals surface area (Å²) in [5.74, 6) is 0. The van der Waals surface area contributed by atoms with E-state index in [0.717, 1.165) is 6.07 Å². The number of non-ortho nitro benzene ring substituents is 1. The Balaban J connectivity index is 2.30. The highest BCUT2D eigenvalue weighted by molar-refractivity contribution is 7.89. The first-order valence-corrected chi connectivity index (χ1v) is 8.18. The van der Waals surface area contributed by atoms with Crippen molar-refractivity contribution in [3.05, 3.63) is 69.2 Å². The van der Waals surface area contributed by atoms with Crippen molar-refractivity contribution >= 4 is 27.3 Å². The van der Waals surface area contributed by atoms with Gasteiger partial charge in [-0.15, -0.1) is 0 Å². The maximum absolute atomic E-state index is 12.3. The lowest BCUT2D eigenvalue weighted by molar-refractivity contribution is -0.385. The van der Waals surface area contributed by atoms with E-state index in [2.05, 4.69) is 4.72 Å². The number of rotatable bonds is 5. The minimum absolute atomic E-state index is 0.166. The highest BCUT2D eigenvalue weighted by Crippen LogP contribution is 2.25. The van der Waals surface area contributed by atoms with Crippen molar-refractivity contribution in [1.29, 1.82) is 0 Å². The van der Waals surface area contributed by atoms with Crippen molar-refractivity contribution in [3.8, 4) is 0 Å². The van der Waals surface area contributed by atoms with Crippen LogP contribution in [-0.4, -0.2) is 13.3 Å². The standard InChI is InChI=1S/C14H13ClN2O4S/c1-10(13-7-2-3-8-14(13)15)16-22(20,21)12-6-4-5-11(9-12)17(18)19/h2-10,16H,1H3. The van der Waals surface area contributed by atoms with E-state index in [0.29, 0.717) is 10.6 Å². The second-order valence-electron chi connectivity index (χ2n) is 4.62. The van der Waals surface area contributed by atoms with E-state index in [1.54, 1.807) is 31.2 Å². The third kappa shape index (κ3) is 3.62. The van der Waals surface area contributed by atoms with Crippen LogP contribution in [0.25, 0.3) is 0 Å². The van der Waals surface area contributed by atoms with E-state index in [1.165, 1.54) is 18.2 Å². The smallest absolute Gasteiger partial charge is 0.258 e. The number of hydrogen-bond acceptors (Lipinski definition) is 4. The molecule has 2 aromatic rings. The molecule has 22 heavy (non-hydrogen) atoms. The average molecular weight is 341 g/mol. The molecule has 8 heteroatoms. The molecule has 0 aromatic heterocycles. The number of hydrogen-bond donors (Lipinski definition) is 1. The Morgan fingerprint density at radius 2 is 1.86 bits per heavy atom. The van der Waals surface area contributed by atoms with Gasteiger partial charge in [-0.3, -0.25) is 10.1 Å². The van der Waals surface area contributed by atoms with Gasteiger partial charge in [0, 0.05) is 23.2 Å². The van der Waals surface area contributed by atoms with Gasteiger partial charge >= 0.3 is 0 Å². The molecule has 6 nitrogen and oxygen atoms in total. The Bertz CT molecular complexity index is 808. The largest absolute Gasteiger partial charge is 0.270 e. The molecule has 0 aliphatic rings. The van der Waals surface area contributed by atoms with Crippen LogP contribution in [0.1, 0.15) is 18.5 Å². The van der Waals surface area contributed by atoms with E-state index >= 15 is 0 Å². The zero-order chi connectivity index (χ0) is 16.3. The van der Waals surface area contributed by atoms with Crippen molar-refractivity contribution in [1.82, 2.24) is 4.72 Å². The minimum atomic E-state index is -3.89. The number of nitrogens with zero attached hydrogens (tertiary/aromatic N) is 1. The first-order chi connectivity index (χ1) is 10.3. The molecule has 2 rings (SSSR count). The van der Waals surface area contributed by atoms with Gasteiger partial charge in [-0.1, -0.05) is 35.9 Å². The Labute approximate surface area is 132 Å². The fraction of sp³-hybridized carbons (Fsp3) is 0.143. The van der Waals surface area contributed by atoms with Crippen molar-refractivity contribution < 1.29 is 13.3 Å². The number of benzene rings is 2. The second kappa shape index (κ2) is 6.43. The molecular weight excluding hydrogens is 328 g/mol. The van der Waals surface area contributed by atoms with Gasteiger partial charge in [-0.05, 0) is 24.6 Å². The van der Waals surface area contributed by atoms with Gasteiger partial charge < -0.3 is 0 Å². The molecule has 0 heterocycles. The predicted octanol–water partition coefficient (Wildman–Crippen LogP) is 3.29. The highest BCUT2D eigenvalue weighted by atomic mass is 35.5. The Morgan fingerprint density at radius 1 is 1.18 bits per heavy atom. The third-order valence-corrected chi connectivity index (χ3v) is 4.92. The lowest BCUT2D eigenvalue weighted by Gasteiger charge is -2.15. The van der Waals surface area contributed by atoms with Gasteiger partial charge in [0.05, 0.1) is 9.82 Å². The van der Waals surface area contributed by atoms with Crippen LogP contribution < -0.4 is 4.72 Å². The summed E-state index contributed by atoms with van der Waals surface area (Å²) in [6.07, 6.45) is 0. The summed E-state index contributed by atoms with van der Waals surface area (Å²) in [6.45, 7) is 1.65. The van der Waals surface area contributed by atoms with Crippen molar-refractivity contribution in [2.45, 2.75) is 17.9 Å². The van der Waals surface area contributed by atoms with Crippen LogP contribution in [-0.2, 0) is 10.0 Å². The molecule has 0 spiro atoms. The maximum atomic E-state index is 12.3. The number of nitrogens with one attached hydrogen (secondary N) is 1. The summed E-state index contributed by atoms with van der Waals surface area (Å²) in [7, 11) is -3.89. The summed E-state index contributed by atoms with van der Waals surface area (Å²) >= 11 is 6.04. The molecule has 1 N–H and O–H groups in total. The second-order valence-corrected chi connectivity index (χ2v) is 6.74. The van der Waals surface area contributed by atoms with Gasteiger partial charge in [0.2, 0.25) is 10.0 Å². The van der Waals surface area contributed by atoms with Crippen LogP contribution >= 0.6 is 11.6 Å². The first kappa shape index (κ1) is 16.4. The van der Waals surface area contributed by atoms with Crippen LogP contribution in [0.5, 0.6) is 0 Å².